The van der Waals surface area contributed by atoms with Crippen molar-refractivity contribution in [3.05, 3.63) is 24.0 Å². The molecular formula is C11H12FN3O. The first-order valence-electron chi connectivity index (χ1n) is 5.31. The Morgan fingerprint density at radius 3 is 2.88 bits per heavy atom. The van der Waals surface area contributed by atoms with Gasteiger partial charge in [0.2, 0.25) is 5.91 Å². The van der Waals surface area contributed by atoms with Crippen LogP contribution in [0.1, 0.15) is 0 Å². The molecule has 0 radical (unpaired) electrons. The topological polar surface area (TPSA) is 44.4 Å². The first-order chi connectivity index (χ1) is 7.74. The van der Waals surface area contributed by atoms with Crippen LogP contribution in [0.4, 0.5) is 15.8 Å². The van der Waals surface area contributed by atoms with Gasteiger partial charge in [-0.05, 0) is 18.2 Å². The van der Waals surface area contributed by atoms with E-state index in [2.05, 4.69) is 10.6 Å². The number of nitrogens with zero attached hydrogens (tertiary/aromatic N) is 1. The summed E-state index contributed by atoms with van der Waals surface area (Å²) in [5.74, 6) is -0.405. The lowest BCUT2D eigenvalue weighted by atomic mass is 10.1. The maximum Gasteiger partial charge on any atom is 0.243 e. The number of rotatable bonds is 1. The first kappa shape index (κ1) is 9.59. The summed E-state index contributed by atoms with van der Waals surface area (Å²) < 4.78 is 13.1. The predicted molar refractivity (Wildman–Crippen MR) is 59.0 cm³/mol. The van der Waals surface area contributed by atoms with Gasteiger partial charge >= 0.3 is 0 Å². The Hall–Kier alpha value is -1.62. The number of halogens is 1. The zero-order valence-electron chi connectivity index (χ0n) is 8.66. The number of hydrogen-bond donors (Lipinski definition) is 2. The average Bonchev–Trinajstić information content (AvgIpc) is 2.13. The van der Waals surface area contributed by atoms with Crippen molar-refractivity contribution in [1.29, 1.82) is 0 Å². The molecule has 0 saturated carbocycles. The molecule has 0 spiro atoms. The van der Waals surface area contributed by atoms with Gasteiger partial charge in [0.1, 0.15) is 5.82 Å². The van der Waals surface area contributed by atoms with Gasteiger partial charge in [-0.2, -0.15) is 0 Å². The van der Waals surface area contributed by atoms with E-state index in [0.717, 1.165) is 18.8 Å². The summed E-state index contributed by atoms with van der Waals surface area (Å²) >= 11 is 0. The number of fused-ring (bicyclic) bond motifs is 1. The van der Waals surface area contributed by atoms with Crippen molar-refractivity contribution >= 4 is 17.3 Å². The van der Waals surface area contributed by atoms with Gasteiger partial charge in [0.25, 0.3) is 0 Å². The normalized spacial score (nSPS) is 20.1. The maximum absolute atomic E-state index is 13.1. The van der Waals surface area contributed by atoms with Crippen molar-refractivity contribution in [2.24, 2.45) is 0 Å². The van der Waals surface area contributed by atoms with E-state index in [1.807, 2.05) is 4.90 Å². The van der Waals surface area contributed by atoms with Gasteiger partial charge < -0.3 is 15.5 Å². The number of benzene rings is 1. The van der Waals surface area contributed by atoms with Crippen molar-refractivity contribution < 1.29 is 9.18 Å². The highest BCUT2D eigenvalue weighted by molar-refractivity contribution is 6.01. The number of amides is 1. The molecule has 0 atom stereocenters. The lowest BCUT2D eigenvalue weighted by Crippen LogP contribution is -2.60. The fourth-order valence-electron chi connectivity index (χ4n) is 2.11. The molecule has 2 aliphatic rings. The minimum absolute atomic E-state index is 0.0787. The monoisotopic (exact) mass is 221 g/mol. The van der Waals surface area contributed by atoms with Crippen LogP contribution in [-0.2, 0) is 4.79 Å². The maximum atomic E-state index is 13.1. The SMILES string of the molecule is O=C1CN(C2CNC2)c2ccc(F)cc2N1. The van der Waals surface area contributed by atoms with Crippen LogP contribution in [0.25, 0.3) is 0 Å². The molecule has 3 rings (SSSR count). The second-order valence-electron chi connectivity index (χ2n) is 4.15. The Balaban J connectivity index is 2.00. The number of carbonyl (C=O) groups excluding carboxylic acids is 1. The van der Waals surface area contributed by atoms with E-state index in [0.29, 0.717) is 18.3 Å². The zero-order valence-corrected chi connectivity index (χ0v) is 8.66. The van der Waals surface area contributed by atoms with E-state index in [1.165, 1.54) is 12.1 Å². The van der Waals surface area contributed by atoms with Gasteiger partial charge in [-0.1, -0.05) is 0 Å². The van der Waals surface area contributed by atoms with Gasteiger partial charge in [0.15, 0.2) is 0 Å². The lowest BCUT2D eigenvalue weighted by molar-refractivity contribution is -0.115. The predicted octanol–water partition coefficient (Wildman–Crippen LogP) is 0.556. The first-order valence-corrected chi connectivity index (χ1v) is 5.31. The van der Waals surface area contributed by atoms with E-state index in [4.69, 9.17) is 0 Å². The molecule has 1 aromatic carbocycles. The van der Waals surface area contributed by atoms with Crippen molar-refractivity contribution in [3.63, 3.8) is 0 Å². The van der Waals surface area contributed by atoms with Crippen molar-refractivity contribution in [1.82, 2.24) is 5.32 Å². The van der Waals surface area contributed by atoms with Gasteiger partial charge in [0, 0.05) is 13.1 Å². The van der Waals surface area contributed by atoms with Crippen LogP contribution < -0.4 is 15.5 Å². The summed E-state index contributed by atoms with van der Waals surface area (Å²) in [5.41, 5.74) is 1.48. The van der Waals surface area contributed by atoms with Crippen molar-refractivity contribution in [2.75, 3.05) is 29.9 Å². The third-order valence-corrected chi connectivity index (χ3v) is 3.06. The molecule has 2 heterocycles. The fraction of sp³-hybridized carbons (Fsp3) is 0.364. The van der Waals surface area contributed by atoms with E-state index in [1.54, 1.807) is 6.07 Å². The standard InChI is InChI=1S/C11H12FN3O/c12-7-1-2-10-9(3-7)14-11(16)6-15(10)8-4-13-5-8/h1-3,8,13H,4-6H2,(H,14,16). The molecule has 1 saturated heterocycles. The van der Waals surface area contributed by atoms with Gasteiger partial charge in [-0.25, -0.2) is 4.39 Å². The molecule has 0 bridgehead atoms. The van der Waals surface area contributed by atoms with Gasteiger partial charge in [0.05, 0.1) is 24.0 Å². The highest BCUT2D eigenvalue weighted by Gasteiger charge is 2.31. The minimum atomic E-state index is -0.326. The Labute approximate surface area is 92.4 Å². The quantitative estimate of drug-likeness (QED) is 0.728. The molecule has 84 valence electrons. The van der Waals surface area contributed by atoms with Crippen LogP contribution in [0.2, 0.25) is 0 Å². The van der Waals surface area contributed by atoms with Crippen LogP contribution in [-0.4, -0.2) is 31.6 Å². The van der Waals surface area contributed by atoms with E-state index in [9.17, 15) is 9.18 Å². The molecule has 4 nitrogen and oxygen atoms in total. The third kappa shape index (κ3) is 1.44. The van der Waals surface area contributed by atoms with Crippen LogP contribution in [0.5, 0.6) is 0 Å². The second-order valence-corrected chi connectivity index (χ2v) is 4.15. The van der Waals surface area contributed by atoms with Gasteiger partial charge in [-0.3, -0.25) is 4.79 Å². The Bertz CT molecular complexity index is 445. The molecule has 0 aliphatic carbocycles. The van der Waals surface area contributed by atoms with E-state index >= 15 is 0 Å². The fourth-order valence-corrected chi connectivity index (χ4v) is 2.11. The largest absolute Gasteiger partial charge is 0.355 e. The minimum Gasteiger partial charge on any atom is -0.355 e. The molecule has 1 amide bonds. The summed E-state index contributed by atoms with van der Waals surface area (Å²) in [6.45, 7) is 2.11. The lowest BCUT2D eigenvalue weighted by Gasteiger charge is -2.42. The third-order valence-electron chi connectivity index (χ3n) is 3.06. The van der Waals surface area contributed by atoms with Crippen molar-refractivity contribution in [3.8, 4) is 0 Å². The second kappa shape index (κ2) is 3.45. The van der Waals surface area contributed by atoms with Crippen LogP contribution in [0, 0.1) is 5.82 Å². The Morgan fingerprint density at radius 2 is 2.19 bits per heavy atom. The summed E-state index contributed by atoms with van der Waals surface area (Å²) in [7, 11) is 0. The molecule has 5 heteroatoms. The van der Waals surface area contributed by atoms with Crippen LogP contribution >= 0.6 is 0 Å². The molecule has 0 unspecified atom stereocenters. The molecule has 1 aromatic rings. The summed E-state index contributed by atoms with van der Waals surface area (Å²) in [4.78, 5) is 13.5. The van der Waals surface area contributed by atoms with E-state index < -0.39 is 0 Å². The van der Waals surface area contributed by atoms with E-state index in [-0.39, 0.29) is 11.7 Å². The molecular weight excluding hydrogens is 209 g/mol. The molecule has 2 aliphatic heterocycles. The summed E-state index contributed by atoms with van der Waals surface area (Å²) in [6, 6.07) is 4.86. The summed E-state index contributed by atoms with van der Waals surface area (Å²) in [5, 5.41) is 5.86. The average molecular weight is 221 g/mol. The number of hydrogen-bond acceptors (Lipinski definition) is 3. The number of carbonyl (C=O) groups is 1. The highest BCUT2D eigenvalue weighted by atomic mass is 19.1. The molecule has 2 N–H and O–H groups in total. The smallest absolute Gasteiger partial charge is 0.243 e. The number of anilines is 2. The molecule has 0 aromatic heterocycles. The van der Waals surface area contributed by atoms with Crippen LogP contribution in [0.15, 0.2) is 18.2 Å². The molecule has 16 heavy (non-hydrogen) atoms. The number of nitrogens with one attached hydrogen (secondary N) is 2. The van der Waals surface area contributed by atoms with Crippen LogP contribution in [0.3, 0.4) is 0 Å². The summed E-state index contributed by atoms with van der Waals surface area (Å²) in [6.07, 6.45) is 0. The Morgan fingerprint density at radius 1 is 1.38 bits per heavy atom. The van der Waals surface area contributed by atoms with Crippen molar-refractivity contribution in [2.45, 2.75) is 6.04 Å². The zero-order chi connectivity index (χ0) is 11.1. The highest BCUT2D eigenvalue weighted by Crippen LogP contribution is 2.31. The molecule has 1 fully saturated rings. The van der Waals surface area contributed by atoms with Gasteiger partial charge in [-0.15, -0.1) is 0 Å². The Kier molecular flexibility index (Phi) is 2.07.